The third-order valence-corrected chi connectivity index (χ3v) is 4.15. The Morgan fingerprint density at radius 2 is 1.72 bits per heavy atom. The minimum absolute atomic E-state index is 0.0546. The van der Waals surface area contributed by atoms with Gasteiger partial charge < -0.3 is 10.1 Å². The predicted molar refractivity (Wildman–Crippen MR) is 110 cm³/mol. The summed E-state index contributed by atoms with van der Waals surface area (Å²) in [5.74, 6) is -0.941. The second-order valence-corrected chi connectivity index (χ2v) is 6.80. The van der Waals surface area contributed by atoms with Gasteiger partial charge >= 0.3 is 0 Å². The van der Waals surface area contributed by atoms with Gasteiger partial charge in [-0.1, -0.05) is 25.5 Å². The quantitative estimate of drug-likeness (QED) is 0.333. The molecule has 0 unspecified atom stereocenters. The van der Waals surface area contributed by atoms with Crippen molar-refractivity contribution in [3.63, 3.8) is 0 Å². The normalized spacial score (nSPS) is 10.2. The standard InChI is InChI=1S/C12H17FO.C10H13FN2O2/c1-3-4-7-14-9-11-5-6-12(13)10(2)8-11;1-6-3-8(4-7(2)10(6)11)12-5-9(14)13-15/h5-6,8H,3-4,7,9H2,1-2H3;3-4,12,15H,5H2,1-2H3,(H,13,14). The number of hydrogen-bond donors (Lipinski definition) is 3. The van der Waals surface area contributed by atoms with E-state index in [2.05, 4.69) is 12.2 Å². The summed E-state index contributed by atoms with van der Waals surface area (Å²) in [5, 5.41) is 11.0. The Hall–Kier alpha value is -2.51. The number of halogens is 2. The zero-order chi connectivity index (χ0) is 21.8. The number of rotatable bonds is 8. The predicted octanol–water partition coefficient (Wildman–Crippen LogP) is 4.81. The van der Waals surface area contributed by atoms with Gasteiger partial charge in [-0.3, -0.25) is 10.0 Å². The molecule has 2 aromatic rings. The number of ether oxygens (including phenoxy) is 1. The average molecular weight is 408 g/mol. The molecule has 0 aliphatic heterocycles. The highest BCUT2D eigenvalue weighted by Crippen LogP contribution is 2.18. The first-order valence-electron chi connectivity index (χ1n) is 9.54. The van der Waals surface area contributed by atoms with E-state index in [1.54, 1.807) is 39.0 Å². The van der Waals surface area contributed by atoms with Crippen LogP contribution in [0.3, 0.4) is 0 Å². The number of aryl methyl sites for hydroxylation is 3. The van der Waals surface area contributed by atoms with Crippen LogP contribution in [0, 0.1) is 32.4 Å². The van der Waals surface area contributed by atoms with Gasteiger partial charge in [-0.15, -0.1) is 0 Å². The molecule has 2 aromatic carbocycles. The number of unbranched alkanes of at least 4 members (excludes halogenated alkanes) is 1. The topological polar surface area (TPSA) is 70.6 Å². The fourth-order valence-electron chi connectivity index (χ4n) is 2.50. The van der Waals surface area contributed by atoms with Crippen LogP contribution in [0.15, 0.2) is 30.3 Å². The molecule has 0 aliphatic carbocycles. The summed E-state index contributed by atoms with van der Waals surface area (Å²) >= 11 is 0. The minimum Gasteiger partial charge on any atom is -0.377 e. The highest BCUT2D eigenvalue weighted by atomic mass is 19.1. The monoisotopic (exact) mass is 408 g/mol. The number of benzene rings is 2. The number of carbonyl (C=O) groups excluding carboxylic acids is 1. The van der Waals surface area contributed by atoms with Gasteiger partial charge in [0.2, 0.25) is 0 Å². The van der Waals surface area contributed by atoms with Crippen molar-refractivity contribution in [1.82, 2.24) is 5.48 Å². The van der Waals surface area contributed by atoms with Crippen molar-refractivity contribution >= 4 is 11.6 Å². The first-order valence-corrected chi connectivity index (χ1v) is 9.54. The summed E-state index contributed by atoms with van der Waals surface area (Å²) < 4.78 is 31.6. The molecule has 0 saturated carbocycles. The molecule has 160 valence electrons. The van der Waals surface area contributed by atoms with Crippen molar-refractivity contribution in [2.24, 2.45) is 0 Å². The van der Waals surface area contributed by atoms with Gasteiger partial charge in [0.05, 0.1) is 13.2 Å². The maximum absolute atomic E-state index is 13.2. The molecule has 3 N–H and O–H groups in total. The molecule has 5 nitrogen and oxygen atoms in total. The minimum atomic E-state index is -0.547. The Bertz CT molecular complexity index is 775. The van der Waals surface area contributed by atoms with Gasteiger partial charge in [0.25, 0.3) is 5.91 Å². The summed E-state index contributed by atoms with van der Waals surface area (Å²) in [6.45, 7) is 8.52. The molecule has 0 atom stereocenters. The molecule has 1 amide bonds. The number of amides is 1. The van der Waals surface area contributed by atoms with E-state index >= 15 is 0 Å². The number of hydroxylamine groups is 1. The fourth-order valence-corrected chi connectivity index (χ4v) is 2.50. The van der Waals surface area contributed by atoms with Gasteiger partial charge in [0, 0.05) is 12.3 Å². The molecule has 7 heteroatoms. The van der Waals surface area contributed by atoms with Crippen LogP contribution < -0.4 is 10.8 Å². The van der Waals surface area contributed by atoms with Crippen molar-refractivity contribution in [3.8, 4) is 0 Å². The van der Waals surface area contributed by atoms with E-state index in [9.17, 15) is 13.6 Å². The maximum Gasteiger partial charge on any atom is 0.262 e. The Labute approximate surface area is 171 Å². The van der Waals surface area contributed by atoms with E-state index < -0.39 is 5.91 Å². The third kappa shape index (κ3) is 9.02. The van der Waals surface area contributed by atoms with Crippen LogP contribution in [0.2, 0.25) is 0 Å². The lowest BCUT2D eigenvalue weighted by atomic mass is 10.1. The number of hydrogen-bond acceptors (Lipinski definition) is 4. The van der Waals surface area contributed by atoms with Crippen molar-refractivity contribution in [1.29, 1.82) is 0 Å². The molecule has 0 radical (unpaired) electrons. The van der Waals surface area contributed by atoms with Crippen molar-refractivity contribution in [3.05, 3.63) is 64.2 Å². The Kier molecular flexibility index (Phi) is 10.9. The second kappa shape index (κ2) is 12.9. The van der Waals surface area contributed by atoms with Crippen molar-refractivity contribution < 1.29 is 23.5 Å². The molecule has 0 fully saturated rings. The first kappa shape index (κ1) is 24.5. The van der Waals surface area contributed by atoms with Crippen molar-refractivity contribution in [2.45, 2.75) is 47.1 Å². The lowest BCUT2D eigenvalue weighted by Crippen LogP contribution is -2.26. The van der Waals surface area contributed by atoms with E-state index in [4.69, 9.17) is 9.94 Å². The Morgan fingerprint density at radius 1 is 1.07 bits per heavy atom. The van der Waals surface area contributed by atoms with Crippen LogP contribution in [0.5, 0.6) is 0 Å². The van der Waals surface area contributed by atoms with E-state index in [1.165, 1.54) is 11.5 Å². The zero-order valence-corrected chi connectivity index (χ0v) is 17.4. The van der Waals surface area contributed by atoms with E-state index in [1.807, 2.05) is 6.07 Å². The van der Waals surface area contributed by atoms with Gasteiger partial charge in [0.15, 0.2) is 0 Å². The summed E-state index contributed by atoms with van der Waals surface area (Å²) in [6, 6.07) is 8.31. The summed E-state index contributed by atoms with van der Waals surface area (Å²) in [6.07, 6.45) is 2.22. The lowest BCUT2D eigenvalue weighted by molar-refractivity contribution is -0.127. The first-order chi connectivity index (χ1) is 13.8. The molecule has 29 heavy (non-hydrogen) atoms. The van der Waals surface area contributed by atoms with Crippen LogP contribution in [-0.4, -0.2) is 24.3 Å². The molecule has 0 saturated heterocycles. The smallest absolute Gasteiger partial charge is 0.262 e. The maximum atomic E-state index is 13.2. The number of anilines is 1. The molecule has 0 spiro atoms. The van der Waals surface area contributed by atoms with Crippen LogP contribution in [0.4, 0.5) is 14.5 Å². The van der Waals surface area contributed by atoms with Crippen LogP contribution in [0.1, 0.15) is 42.0 Å². The molecule has 2 rings (SSSR count). The summed E-state index contributed by atoms with van der Waals surface area (Å²) in [7, 11) is 0. The average Bonchev–Trinajstić information content (AvgIpc) is 2.70. The zero-order valence-electron chi connectivity index (χ0n) is 17.4. The summed E-state index contributed by atoms with van der Waals surface area (Å²) in [5.41, 5.74) is 4.90. The molecule has 0 aliphatic rings. The molecule has 0 aromatic heterocycles. The molecular formula is C22H30F2N2O3. The summed E-state index contributed by atoms with van der Waals surface area (Å²) in [4.78, 5) is 10.7. The highest BCUT2D eigenvalue weighted by Gasteiger charge is 2.05. The Balaban J connectivity index is 0.000000291. The van der Waals surface area contributed by atoms with Crippen LogP contribution >= 0.6 is 0 Å². The Morgan fingerprint density at radius 3 is 2.28 bits per heavy atom. The van der Waals surface area contributed by atoms with Gasteiger partial charge in [0.1, 0.15) is 11.6 Å². The molecule has 0 heterocycles. The largest absolute Gasteiger partial charge is 0.377 e. The van der Waals surface area contributed by atoms with Crippen LogP contribution in [-0.2, 0) is 16.1 Å². The van der Waals surface area contributed by atoms with Gasteiger partial charge in [-0.2, -0.15) is 0 Å². The third-order valence-electron chi connectivity index (χ3n) is 4.15. The van der Waals surface area contributed by atoms with Crippen LogP contribution in [0.25, 0.3) is 0 Å². The highest BCUT2D eigenvalue weighted by molar-refractivity contribution is 5.79. The SMILES string of the molecule is CCCCOCc1ccc(F)c(C)c1.Cc1cc(NCC(=O)NO)cc(C)c1F. The molecular weight excluding hydrogens is 378 g/mol. The van der Waals surface area contributed by atoms with E-state index in [0.29, 0.717) is 29.0 Å². The molecule has 0 bridgehead atoms. The number of nitrogens with one attached hydrogen (secondary N) is 2. The van der Waals surface area contributed by atoms with Crippen molar-refractivity contribution in [2.75, 3.05) is 18.5 Å². The van der Waals surface area contributed by atoms with E-state index in [0.717, 1.165) is 25.0 Å². The van der Waals surface area contributed by atoms with Gasteiger partial charge in [-0.25, -0.2) is 14.3 Å². The second-order valence-electron chi connectivity index (χ2n) is 6.80. The van der Waals surface area contributed by atoms with Gasteiger partial charge in [-0.05, 0) is 67.6 Å². The fraction of sp³-hybridized carbons (Fsp3) is 0.409. The lowest BCUT2D eigenvalue weighted by Gasteiger charge is -2.08. The van der Waals surface area contributed by atoms with E-state index in [-0.39, 0.29) is 18.2 Å². The number of carbonyl (C=O) groups is 1.